The molecule has 0 radical (unpaired) electrons. The molecule has 0 N–H and O–H groups in total. The van der Waals surface area contributed by atoms with Crippen LogP contribution in [-0.2, 0) is 0 Å². The number of rotatable bonds is 2. The maximum atomic E-state index is 6.38. The minimum absolute atomic E-state index is 0.757. The Labute approximate surface area is 165 Å². The van der Waals surface area contributed by atoms with Crippen molar-refractivity contribution in [2.45, 2.75) is 6.92 Å². The highest BCUT2D eigenvalue weighted by atomic mass is 16.5. The maximum absolute atomic E-state index is 6.38. The summed E-state index contributed by atoms with van der Waals surface area (Å²) in [6, 6.07) is 18.8. The Morgan fingerprint density at radius 1 is 0.929 bits per heavy atom. The topological polar surface area (TPSA) is 28.2 Å². The summed E-state index contributed by atoms with van der Waals surface area (Å²) < 4.78 is 11.9. The van der Waals surface area contributed by atoms with Gasteiger partial charge in [-0.3, -0.25) is 0 Å². The van der Waals surface area contributed by atoms with Crippen LogP contribution in [0.3, 0.4) is 0 Å². The van der Waals surface area contributed by atoms with Gasteiger partial charge in [-0.05, 0) is 48.9 Å². The number of para-hydroxylation sites is 2. The number of aryl methyl sites for hydroxylation is 1. The van der Waals surface area contributed by atoms with Gasteiger partial charge in [0.05, 0.1) is 30.8 Å². The minimum atomic E-state index is 0.757. The highest BCUT2D eigenvalue weighted by molar-refractivity contribution is 5.94. The smallest absolute Gasteiger partial charge is 0.176 e. The summed E-state index contributed by atoms with van der Waals surface area (Å²) in [5, 5.41) is 0. The third kappa shape index (κ3) is 2.39. The van der Waals surface area contributed by atoms with E-state index in [1.54, 1.807) is 7.11 Å². The number of nitrogens with zero attached hydrogens (tertiary/aromatic N) is 3. The first-order valence-corrected chi connectivity index (χ1v) is 9.39. The van der Waals surface area contributed by atoms with E-state index in [0.717, 1.165) is 52.4 Å². The lowest BCUT2D eigenvalue weighted by Gasteiger charge is -2.31. The van der Waals surface area contributed by atoms with Crippen LogP contribution in [0.5, 0.6) is 17.2 Å². The average Bonchev–Trinajstić information content (AvgIpc) is 3.05. The largest absolute Gasteiger partial charge is 0.497 e. The first-order valence-electron chi connectivity index (χ1n) is 9.39. The van der Waals surface area contributed by atoms with Crippen LogP contribution < -0.4 is 24.2 Å². The van der Waals surface area contributed by atoms with E-state index >= 15 is 0 Å². The number of ether oxygens (including phenoxy) is 2. The Kier molecular flexibility index (Phi) is 3.66. The standard InChI is InChI=1S/C23H23N3O2/c1-15-11-16(13-17(12-15)27-4)26-14-24(2)22-19(26)9-10-20-23(22)28-21-8-6-5-7-18(21)25(20)3/h5-13H,14H2,1-4H3. The first-order chi connectivity index (χ1) is 13.6. The van der Waals surface area contributed by atoms with E-state index in [-0.39, 0.29) is 0 Å². The van der Waals surface area contributed by atoms with Crippen molar-refractivity contribution in [2.24, 2.45) is 0 Å². The summed E-state index contributed by atoms with van der Waals surface area (Å²) in [4.78, 5) is 6.74. The fraction of sp³-hybridized carbons (Fsp3) is 0.217. The quantitative estimate of drug-likeness (QED) is 0.598. The van der Waals surface area contributed by atoms with Gasteiger partial charge in [-0.2, -0.15) is 0 Å². The van der Waals surface area contributed by atoms with E-state index in [1.807, 2.05) is 24.3 Å². The number of anilines is 5. The predicted octanol–water partition coefficient (Wildman–Crippen LogP) is 5.42. The number of fused-ring (bicyclic) bond motifs is 4. The van der Waals surface area contributed by atoms with Crippen molar-refractivity contribution in [3.8, 4) is 17.2 Å². The second-order valence-electron chi connectivity index (χ2n) is 7.39. The average molecular weight is 373 g/mol. The van der Waals surface area contributed by atoms with Crippen LogP contribution in [0, 0.1) is 6.92 Å². The van der Waals surface area contributed by atoms with E-state index < -0.39 is 0 Å². The summed E-state index contributed by atoms with van der Waals surface area (Å²) in [7, 11) is 5.90. The highest BCUT2D eigenvalue weighted by Crippen LogP contribution is 2.55. The molecule has 0 unspecified atom stereocenters. The molecule has 5 nitrogen and oxygen atoms in total. The zero-order chi connectivity index (χ0) is 19.4. The van der Waals surface area contributed by atoms with Crippen LogP contribution in [0.25, 0.3) is 0 Å². The van der Waals surface area contributed by atoms with Crippen molar-refractivity contribution >= 4 is 28.4 Å². The van der Waals surface area contributed by atoms with E-state index in [0.29, 0.717) is 0 Å². The molecule has 5 heteroatoms. The molecule has 0 amide bonds. The maximum Gasteiger partial charge on any atom is 0.176 e. The third-order valence-corrected chi connectivity index (χ3v) is 5.50. The Balaban J connectivity index is 1.64. The van der Waals surface area contributed by atoms with Gasteiger partial charge >= 0.3 is 0 Å². The fourth-order valence-electron chi connectivity index (χ4n) is 4.14. The van der Waals surface area contributed by atoms with Crippen molar-refractivity contribution in [3.63, 3.8) is 0 Å². The molecule has 0 fully saturated rings. The summed E-state index contributed by atoms with van der Waals surface area (Å²) in [6.45, 7) is 2.85. The van der Waals surface area contributed by atoms with Gasteiger partial charge < -0.3 is 24.2 Å². The van der Waals surface area contributed by atoms with Crippen LogP contribution in [0.2, 0.25) is 0 Å². The predicted molar refractivity (Wildman–Crippen MR) is 114 cm³/mol. The lowest BCUT2D eigenvalue weighted by Crippen LogP contribution is -2.24. The van der Waals surface area contributed by atoms with Crippen LogP contribution in [0.15, 0.2) is 54.6 Å². The molecule has 2 heterocycles. The molecule has 2 aliphatic rings. The first kappa shape index (κ1) is 16.8. The van der Waals surface area contributed by atoms with Crippen molar-refractivity contribution in [1.82, 2.24) is 0 Å². The normalized spacial score (nSPS) is 14.4. The molecular weight excluding hydrogens is 350 g/mol. The molecule has 142 valence electrons. The summed E-state index contributed by atoms with van der Waals surface area (Å²) in [5.41, 5.74) is 6.70. The molecule has 0 saturated heterocycles. The highest BCUT2D eigenvalue weighted by Gasteiger charge is 2.33. The molecular formula is C23H23N3O2. The molecule has 0 bridgehead atoms. The van der Waals surface area contributed by atoms with Gasteiger partial charge in [0.2, 0.25) is 0 Å². The van der Waals surface area contributed by atoms with E-state index in [4.69, 9.17) is 9.47 Å². The summed E-state index contributed by atoms with van der Waals surface area (Å²) in [5.74, 6) is 2.66. The fourth-order valence-corrected chi connectivity index (χ4v) is 4.14. The van der Waals surface area contributed by atoms with Crippen LogP contribution in [-0.4, -0.2) is 27.9 Å². The molecule has 2 aliphatic heterocycles. The molecule has 0 aliphatic carbocycles. The summed E-state index contributed by atoms with van der Waals surface area (Å²) >= 11 is 0. The Morgan fingerprint density at radius 2 is 1.71 bits per heavy atom. The lowest BCUT2D eigenvalue weighted by atomic mass is 10.1. The number of methoxy groups -OCH3 is 1. The van der Waals surface area contributed by atoms with Gasteiger partial charge in [-0.25, -0.2) is 0 Å². The number of hydrogen-bond acceptors (Lipinski definition) is 5. The van der Waals surface area contributed by atoms with E-state index in [1.165, 1.54) is 5.56 Å². The van der Waals surface area contributed by atoms with Crippen LogP contribution >= 0.6 is 0 Å². The van der Waals surface area contributed by atoms with Crippen molar-refractivity contribution in [1.29, 1.82) is 0 Å². The zero-order valence-electron chi connectivity index (χ0n) is 16.6. The van der Waals surface area contributed by atoms with Gasteiger partial charge in [0.1, 0.15) is 11.4 Å². The molecule has 0 atom stereocenters. The zero-order valence-corrected chi connectivity index (χ0v) is 16.6. The van der Waals surface area contributed by atoms with Crippen molar-refractivity contribution < 1.29 is 9.47 Å². The lowest BCUT2D eigenvalue weighted by molar-refractivity contribution is 0.414. The van der Waals surface area contributed by atoms with Gasteiger partial charge in [0, 0.05) is 25.8 Å². The molecule has 0 saturated carbocycles. The van der Waals surface area contributed by atoms with Crippen molar-refractivity contribution in [2.75, 3.05) is 42.6 Å². The minimum Gasteiger partial charge on any atom is -0.497 e. The van der Waals surface area contributed by atoms with Gasteiger partial charge in [0.15, 0.2) is 11.5 Å². The Hall–Kier alpha value is -3.34. The molecule has 3 aromatic rings. The van der Waals surface area contributed by atoms with Crippen LogP contribution in [0.1, 0.15) is 5.56 Å². The monoisotopic (exact) mass is 373 g/mol. The Bertz CT molecular complexity index is 1080. The molecule has 0 spiro atoms. The third-order valence-electron chi connectivity index (χ3n) is 5.50. The SMILES string of the molecule is COc1cc(C)cc(N2CN(C)c3c2ccc2c3Oc3ccccc3N2C)c1. The second kappa shape index (κ2) is 6.09. The summed E-state index contributed by atoms with van der Waals surface area (Å²) in [6.07, 6.45) is 0. The van der Waals surface area contributed by atoms with Crippen molar-refractivity contribution in [3.05, 3.63) is 60.2 Å². The van der Waals surface area contributed by atoms with E-state index in [2.05, 4.69) is 66.1 Å². The van der Waals surface area contributed by atoms with Gasteiger partial charge in [-0.15, -0.1) is 0 Å². The Morgan fingerprint density at radius 3 is 2.54 bits per heavy atom. The number of benzene rings is 3. The van der Waals surface area contributed by atoms with Gasteiger partial charge in [-0.1, -0.05) is 12.1 Å². The molecule has 0 aromatic heterocycles. The second-order valence-corrected chi connectivity index (χ2v) is 7.39. The van der Waals surface area contributed by atoms with Crippen LogP contribution in [0.4, 0.5) is 28.4 Å². The molecule has 5 rings (SSSR count). The molecule has 28 heavy (non-hydrogen) atoms. The van der Waals surface area contributed by atoms with E-state index in [9.17, 15) is 0 Å². The van der Waals surface area contributed by atoms with Gasteiger partial charge in [0.25, 0.3) is 0 Å². The number of hydrogen-bond donors (Lipinski definition) is 0. The molecule has 3 aromatic carbocycles.